The van der Waals surface area contributed by atoms with Crippen LogP contribution < -0.4 is 0 Å². The van der Waals surface area contributed by atoms with Crippen molar-refractivity contribution >= 4 is 6.29 Å². The van der Waals surface area contributed by atoms with Gasteiger partial charge < -0.3 is 4.90 Å². The molecule has 77 valence electrons. The minimum atomic E-state index is 0.563. The Bertz CT molecular complexity index is 107. The van der Waals surface area contributed by atoms with Crippen molar-refractivity contribution in [2.24, 2.45) is 0 Å². The summed E-state index contributed by atoms with van der Waals surface area (Å²) in [5.74, 6) is 0. The molecule has 0 atom stereocenters. The number of nitrogens with zero attached hydrogens (tertiary/aromatic N) is 1. The molecule has 1 radical (unpaired) electrons. The van der Waals surface area contributed by atoms with Gasteiger partial charge in [-0.1, -0.05) is 26.7 Å². The van der Waals surface area contributed by atoms with E-state index in [4.69, 9.17) is 0 Å². The van der Waals surface area contributed by atoms with Crippen LogP contribution in [0.2, 0.25) is 0 Å². The van der Waals surface area contributed by atoms with E-state index in [0.29, 0.717) is 6.42 Å². The van der Waals surface area contributed by atoms with Crippen molar-refractivity contribution in [1.29, 1.82) is 0 Å². The Labute approximate surface area is 82.3 Å². The predicted octanol–water partition coefficient (Wildman–Crippen LogP) is 2.39. The lowest BCUT2D eigenvalue weighted by Crippen LogP contribution is -2.27. The summed E-state index contributed by atoms with van der Waals surface area (Å²) in [5, 5.41) is 0. The number of unbranched alkanes of at least 4 members (excludes halogenated alkanes) is 2. The molecule has 0 aromatic carbocycles. The minimum absolute atomic E-state index is 0.563. The van der Waals surface area contributed by atoms with Gasteiger partial charge in [0, 0.05) is 13.0 Å². The van der Waals surface area contributed by atoms with Crippen LogP contribution in [0.25, 0.3) is 0 Å². The fraction of sp³-hybridized carbons (Fsp3) is 0.909. The molecule has 2 heteroatoms. The van der Waals surface area contributed by atoms with Gasteiger partial charge in [-0.2, -0.15) is 0 Å². The van der Waals surface area contributed by atoms with E-state index in [2.05, 4.69) is 18.7 Å². The highest BCUT2D eigenvalue weighted by atomic mass is 16.1. The van der Waals surface area contributed by atoms with Crippen LogP contribution in [-0.2, 0) is 4.79 Å². The molecule has 0 amide bonds. The van der Waals surface area contributed by atoms with Gasteiger partial charge in [-0.05, 0) is 25.9 Å². The largest absolute Gasteiger partial charge is 0.303 e. The van der Waals surface area contributed by atoms with Crippen LogP contribution in [0, 0.1) is 0 Å². The van der Waals surface area contributed by atoms with E-state index in [1.54, 1.807) is 0 Å². The zero-order valence-electron chi connectivity index (χ0n) is 9.01. The number of rotatable bonds is 9. The first-order valence-electron chi connectivity index (χ1n) is 5.42. The lowest BCUT2D eigenvalue weighted by molar-refractivity contribution is 0.271. The highest BCUT2D eigenvalue weighted by Crippen LogP contribution is 1.99. The molecule has 0 aromatic heterocycles. The van der Waals surface area contributed by atoms with Gasteiger partial charge in [-0.25, -0.2) is 0 Å². The highest BCUT2D eigenvalue weighted by molar-refractivity contribution is 5.50. The molecule has 0 saturated carbocycles. The second kappa shape index (κ2) is 9.72. The lowest BCUT2D eigenvalue weighted by atomic mass is 10.2. The summed E-state index contributed by atoms with van der Waals surface area (Å²) in [6, 6.07) is 0. The van der Waals surface area contributed by atoms with Crippen LogP contribution >= 0.6 is 0 Å². The van der Waals surface area contributed by atoms with Gasteiger partial charge in [0.1, 0.15) is 0 Å². The van der Waals surface area contributed by atoms with E-state index in [1.807, 2.05) is 6.29 Å². The summed E-state index contributed by atoms with van der Waals surface area (Å²) in [4.78, 5) is 12.5. The molecule has 0 saturated heterocycles. The molecule has 0 rings (SSSR count). The molecule has 0 aliphatic rings. The maximum absolute atomic E-state index is 10.1. The molecule has 2 nitrogen and oxygen atoms in total. The van der Waals surface area contributed by atoms with Gasteiger partial charge in [0.2, 0.25) is 0 Å². The van der Waals surface area contributed by atoms with Crippen LogP contribution in [0.3, 0.4) is 0 Å². The van der Waals surface area contributed by atoms with E-state index < -0.39 is 0 Å². The SMILES string of the molecule is CCCCN(CC[C]=O)CCCC. The van der Waals surface area contributed by atoms with E-state index in [-0.39, 0.29) is 0 Å². The Hall–Kier alpha value is -0.370. The summed E-state index contributed by atoms with van der Waals surface area (Å²) in [5.41, 5.74) is 0. The minimum Gasteiger partial charge on any atom is -0.303 e. The van der Waals surface area contributed by atoms with Crippen molar-refractivity contribution in [3.05, 3.63) is 0 Å². The Kier molecular flexibility index (Phi) is 9.44. The van der Waals surface area contributed by atoms with Crippen LogP contribution in [-0.4, -0.2) is 30.8 Å². The molecule has 0 bridgehead atoms. The maximum atomic E-state index is 10.1. The zero-order chi connectivity index (χ0) is 9.94. The molecule has 0 fully saturated rings. The fourth-order valence-electron chi connectivity index (χ4n) is 1.30. The monoisotopic (exact) mass is 184 g/mol. The van der Waals surface area contributed by atoms with Crippen molar-refractivity contribution < 1.29 is 4.79 Å². The van der Waals surface area contributed by atoms with Crippen LogP contribution in [0.1, 0.15) is 46.0 Å². The van der Waals surface area contributed by atoms with Crippen LogP contribution in [0.4, 0.5) is 0 Å². The topological polar surface area (TPSA) is 20.3 Å². The molecule has 13 heavy (non-hydrogen) atoms. The first kappa shape index (κ1) is 12.6. The van der Waals surface area contributed by atoms with Crippen LogP contribution in [0.5, 0.6) is 0 Å². The molecular formula is C11H22NO. The van der Waals surface area contributed by atoms with Crippen molar-refractivity contribution in [2.45, 2.75) is 46.0 Å². The smallest absolute Gasteiger partial charge is 0.199 e. The Morgan fingerprint density at radius 3 is 1.92 bits per heavy atom. The number of hydrogen-bond donors (Lipinski definition) is 0. The van der Waals surface area contributed by atoms with Gasteiger partial charge in [-0.15, -0.1) is 0 Å². The molecular weight excluding hydrogens is 162 g/mol. The van der Waals surface area contributed by atoms with Crippen molar-refractivity contribution in [3.8, 4) is 0 Å². The number of hydrogen-bond acceptors (Lipinski definition) is 2. The molecule has 0 unspecified atom stereocenters. The molecule has 0 aliphatic heterocycles. The maximum Gasteiger partial charge on any atom is 0.199 e. The first-order chi connectivity index (χ1) is 6.35. The Balaban J connectivity index is 3.52. The van der Waals surface area contributed by atoms with Gasteiger partial charge in [-0.3, -0.25) is 4.79 Å². The summed E-state index contributed by atoms with van der Waals surface area (Å²) in [6.07, 6.45) is 7.46. The van der Waals surface area contributed by atoms with Gasteiger partial charge >= 0.3 is 0 Å². The quantitative estimate of drug-likeness (QED) is 0.548. The third-order valence-corrected chi connectivity index (χ3v) is 2.19. The second-order valence-electron chi connectivity index (χ2n) is 3.44. The average molecular weight is 184 g/mol. The van der Waals surface area contributed by atoms with Crippen molar-refractivity contribution in [1.82, 2.24) is 4.90 Å². The highest BCUT2D eigenvalue weighted by Gasteiger charge is 2.02. The summed E-state index contributed by atoms with van der Waals surface area (Å²) < 4.78 is 0. The van der Waals surface area contributed by atoms with Gasteiger partial charge in [0.15, 0.2) is 6.29 Å². The Morgan fingerprint density at radius 2 is 1.54 bits per heavy atom. The van der Waals surface area contributed by atoms with E-state index in [9.17, 15) is 4.79 Å². The Morgan fingerprint density at radius 1 is 1.00 bits per heavy atom. The second-order valence-corrected chi connectivity index (χ2v) is 3.44. The number of carbonyl (C=O) groups excluding carboxylic acids is 1. The van der Waals surface area contributed by atoms with E-state index >= 15 is 0 Å². The van der Waals surface area contributed by atoms with Gasteiger partial charge in [0.25, 0.3) is 0 Å². The molecule has 0 N–H and O–H groups in total. The fourth-order valence-corrected chi connectivity index (χ4v) is 1.30. The zero-order valence-corrected chi connectivity index (χ0v) is 9.01. The van der Waals surface area contributed by atoms with E-state index in [0.717, 1.165) is 19.6 Å². The van der Waals surface area contributed by atoms with E-state index in [1.165, 1.54) is 25.7 Å². The van der Waals surface area contributed by atoms with Crippen molar-refractivity contribution in [2.75, 3.05) is 19.6 Å². The molecule has 0 spiro atoms. The predicted molar refractivity (Wildman–Crippen MR) is 56.6 cm³/mol. The lowest BCUT2D eigenvalue weighted by Gasteiger charge is -2.20. The standard InChI is InChI=1S/C11H22NO/c1-3-5-8-12(9-6-4-2)10-7-11-13/h3-10H2,1-2H3. The summed E-state index contributed by atoms with van der Waals surface area (Å²) in [6.45, 7) is 7.56. The third kappa shape index (κ3) is 7.97. The normalized spacial score (nSPS) is 10.7. The third-order valence-electron chi connectivity index (χ3n) is 2.19. The molecule has 0 aliphatic carbocycles. The summed E-state index contributed by atoms with van der Waals surface area (Å²) in [7, 11) is 0. The molecule has 0 heterocycles. The molecule has 0 aromatic rings. The first-order valence-corrected chi connectivity index (χ1v) is 5.42. The van der Waals surface area contributed by atoms with Crippen LogP contribution in [0.15, 0.2) is 0 Å². The van der Waals surface area contributed by atoms with Gasteiger partial charge in [0.05, 0.1) is 0 Å². The average Bonchev–Trinajstić information content (AvgIpc) is 2.17. The van der Waals surface area contributed by atoms with Crippen molar-refractivity contribution in [3.63, 3.8) is 0 Å². The summed E-state index contributed by atoms with van der Waals surface area (Å²) >= 11 is 0.